The summed E-state index contributed by atoms with van der Waals surface area (Å²) >= 11 is 21.7. The van der Waals surface area contributed by atoms with Crippen molar-refractivity contribution in [2.45, 2.75) is 4.90 Å². The van der Waals surface area contributed by atoms with Crippen molar-refractivity contribution in [1.82, 2.24) is 0 Å². The van der Waals surface area contributed by atoms with Crippen LogP contribution in [0.5, 0.6) is 0 Å². The molecule has 0 aliphatic heterocycles. The molecule has 30 heavy (non-hydrogen) atoms. The van der Waals surface area contributed by atoms with E-state index in [1.165, 1.54) is 24.3 Å². The highest BCUT2D eigenvalue weighted by atomic mass is 79.9. The molecular formula is C20H14BrCl3N2O3S. The predicted molar refractivity (Wildman–Crippen MR) is 125 cm³/mol. The van der Waals surface area contributed by atoms with Crippen molar-refractivity contribution in [2.24, 2.45) is 0 Å². The molecule has 3 rings (SSSR count). The first-order valence-corrected chi connectivity index (χ1v) is 11.8. The number of rotatable bonds is 6. The van der Waals surface area contributed by atoms with Gasteiger partial charge in [-0.15, -0.1) is 0 Å². The molecule has 5 nitrogen and oxygen atoms in total. The van der Waals surface area contributed by atoms with Crippen LogP contribution in [-0.2, 0) is 14.8 Å². The highest BCUT2D eigenvalue weighted by Crippen LogP contribution is 2.35. The molecule has 0 aliphatic rings. The second-order valence-corrected chi connectivity index (χ2v) is 9.98. The number of nitrogens with one attached hydrogen (secondary N) is 1. The molecule has 0 heterocycles. The average Bonchev–Trinajstić information content (AvgIpc) is 2.72. The number of carbonyl (C=O) groups is 1. The van der Waals surface area contributed by atoms with Crippen molar-refractivity contribution in [2.75, 3.05) is 16.2 Å². The van der Waals surface area contributed by atoms with E-state index < -0.39 is 22.5 Å². The minimum Gasteiger partial charge on any atom is -0.324 e. The van der Waals surface area contributed by atoms with Gasteiger partial charge in [-0.25, -0.2) is 8.42 Å². The summed E-state index contributed by atoms with van der Waals surface area (Å²) in [7, 11) is -4.10. The monoisotopic (exact) mass is 546 g/mol. The fraction of sp³-hybridized carbons (Fsp3) is 0.0500. The van der Waals surface area contributed by atoms with E-state index in [-0.39, 0.29) is 20.6 Å². The van der Waals surface area contributed by atoms with Crippen molar-refractivity contribution >= 4 is 78.0 Å². The number of hydrogen-bond acceptors (Lipinski definition) is 3. The summed E-state index contributed by atoms with van der Waals surface area (Å²) in [5, 5.41) is 3.24. The molecule has 3 aromatic rings. The molecule has 1 N–H and O–H groups in total. The zero-order valence-electron chi connectivity index (χ0n) is 15.2. The van der Waals surface area contributed by atoms with E-state index in [0.717, 1.165) is 4.31 Å². The SMILES string of the molecule is O=C(CN(c1cccc(Cl)c1Cl)S(=O)(=O)c1ccccc1)Nc1ccc(Br)c(Cl)c1. The predicted octanol–water partition coefficient (Wildman–Crippen LogP) is 6.24. The van der Waals surface area contributed by atoms with Crippen molar-refractivity contribution in [1.29, 1.82) is 0 Å². The van der Waals surface area contributed by atoms with E-state index in [9.17, 15) is 13.2 Å². The Labute approximate surface area is 197 Å². The standard InChI is InChI=1S/C20H14BrCl3N2O3S/c21-15-10-9-13(11-17(15)23)25-19(27)12-26(18-8-4-7-16(22)20(18)24)30(28,29)14-5-2-1-3-6-14/h1-11H,12H2,(H,25,27). The molecule has 156 valence electrons. The van der Waals surface area contributed by atoms with Crippen LogP contribution in [-0.4, -0.2) is 20.9 Å². The van der Waals surface area contributed by atoms with Crippen LogP contribution in [0, 0.1) is 0 Å². The number of nitrogens with zero attached hydrogens (tertiary/aromatic N) is 1. The lowest BCUT2D eigenvalue weighted by molar-refractivity contribution is -0.114. The summed E-state index contributed by atoms with van der Waals surface area (Å²) in [6.45, 7) is -0.523. The number of benzene rings is 3. The molecule has 0 saturated heterocycles. The highest BCUT2D eigenvalue weighted by Gasteiger charge is 2.29. The van der Waals surface area contributed by atoms with Gasteiger partial charge in [-0.05, 0) is 58.4 Å². The van der Waals surface area contributed by atoms with Gasteiger partial charge in [0.1, 0.15) is 6.54 Å². The van der Waals surface area contributed by atoms with Crippen molar-refractivity contribution < 1.29 is 13.2 Å². The normalized spacial score (nSPS) is 11.2. The Morgan fingerprint density at radius 3 is 2.30 bits per heavy atom. The van der Waals surface area contributed by atoms with E-state index in [0.29, 0.717) is 15.2 Å². The summed E-state index contributed by atoms with van der Waals surface area (Å²) in [6, 6.07) is 17.2. The number of sulfonamides is 1. The summed E-state index contributed by atoms with van der Waals surface area (Å²) in [5.41, 5.74) is 0.513. The molecule has 0 radical (unpaired) electrons. The van der Waals surface area contributed by atoms with Gasteiger partial charge in [0, 0.05) is 10.2 Å². The van der Waals surface area contributed by atoms with Crippen LogP contribution in [0.4, 0.5) is 11.4 Å². The summed E-state index contributed by atoms with van der Waals surface area (Å²) in [6.07, 6.45) is 0. The Balaban J connectivity index is 1.98. The first kappa shape index (κ1) is 22.9. The second-order valence-electron chi connectivity index (χ2n) is 6.07. The molecule has 3 aromatic carbocycles. The number of hydrogen-bond donors (Lipinski definition) is 1. The lowest BCUT2D eigenvalue weighted by atomic mass is 10.3. The largest absolute Gasteiger partial charge is 0.324 e. The van der Waals surface area contributed by atoms with E-state index in [4.69, 9.17) is 34.8 Å². The van der Waals surface area contributed by atoms with Crippen LogP contribution in [0.2, 0.25) is 15.1 Å². The molecule has 0 aromatic heterocycles. The maximum atomic E-state index is 13.3. The van der Waals surface area contributed by atoms with E-state index in [1.807, 2.05) is 0 Å². The highest BCUT2D eigenvalue weighted by molar-refractivity contribution is 9.10. The lowest BCUT2D eigenvalue weighted by Gasteiger charge is -2.25. The third-order valence-corrected chi connectivity index (χ3v) is 7.84. The number of anilines is 2. The van der Waals surface area contributed by atoms with Gasteiger partial charge in [0.15, 0.2) is 0 Å². The number of halogens is 4. The van der Waals surface area contributed by atoms with Gasteiger partial charge in [-0.2, -0.15) is 0 Å². The Morgan fingerprint density at radius 1 is 0.933 bits per heavy atom. The molecule has 0 atom stereocenters. The van der Waals surface area contributed by atoms with Gasteiger partial charge >= 0.3 is 0 Å². The first-order valence-electron chi connectivity index (χ1n) is 8.47. The topological polar surface area (TPSA) is 66.5 Å². The van der Waals surface area contributed by atoms with Gasteiger partial charge in [-0.3, -0.25) is 9.10 Å². The van der Waals surface area contributed by atoms with Crippen LogP contribution in [0.3, 0.4) is 0 Å². The van der Waals surface area contributed by atoms with Crippen molar-refractivity contribution in [3.8, 4) is 0 Å². The first-order chi connectivity index (χ1) is 14.2. The van der Waals surface area contributed by atoms with E-state index in [1.54, 1.807) is 42.5 Å². The molecule has 0 fully saturated rings. The Morgan fingerprint density at radius 2 is 1.63 bits per heavy atom. The van der Waals surface area contributed by atoms with Gasteiger partial charge in [0.05, 0.1) is 25.7 Å². The molecule has 1 amide bonds. The quantitative estimate of drug-likeness (QED) is 0.396. The summed E-state index contributed by atoms with van der Waals surface area (Å²) < 4.78 is 28.2. The average molecular weight is 549 g/mol. The minimum atomic E-state index is -4.10. The van der Waals surface area contributed by atoms with Crippen molar-refractivity contribution in [3.05, 3.63) is 86.3 Å². The van der Waals surface area contributed by atoms with Gasteiger partial charge in [0.25, 0.3) is 10.0 Å². The maximum Gasteiger partial charge on any atom is 0.264 e. The fourth-order valence-corrected chi connectivity index (χ4v) is 4.94. The number of carbonyl (C=O) groups excluding carboxylic acids is 1. The molecular weight excluding hydrogens is 535 g/mol. The lowest BCUT2D eigenvalue weighted by Crippen LogP contribution is -2.38. The van der Waals surface area contributed by atoms with Crippen LogP contribution in [0.1, 0.15) is 0 Å². The zero-order chi connectivity index (χ0) is 21.9. The van der Waals surface area contributed by atoms with E-state index in [2.05, 4.69) is 21.2 Å². The van der Waals surface area contributed by atoms with Gasteiger partial charge in [0.2, 0.25) is 5.91 Å². The zero-order valence-corrected chi connectivity index (χ0v) is 19.8. The number of amides is 1. The third-order valence-electron chi connectivity index (χ3n) is 4.02. The summed E-state index contributed by atoms with van der Waals surface area (Å²) in [4.78, 5) is 12.7. The van der Waals surface area contributed by atoms with Crippen LogP contribution < -0.4 is 9.62 Å². The second kappa shape index (κ2) is 9.58. The van der Waals surface area contributed by atoms with Crippen LogP contribution in [0.15, 0.2) is 76.1 Å². The van der Waals surface area contributed by atoms with Crippen LogP contribution >= 0.6 is 50.7 Å². The minimum absolute atomic E-state index is 0.0144. The smallest absolute Gasteiger partial charge is 0.264 e. The maximum absolute atomic E-state index is 13.3. The fourth-order valence-electron chi connectivity index (χ4n) is 2.61. The van der Waals surface area contributed by atoms with E-state index >= 15 is 0 Å². The Bertz CT molecular complexity index is 1190. The molecule has 0 saturated carbocycles. The summed E-state index contributed by atoms with van der Waals surface area (Å²) in [5.74, 6) is -0.580. The molecule has 0 bridgehead atoms. The third kappa shape index (κ3) is 5.10. The Hall–Kier alpha value is -1.77. The van der Waals surface area contributed by atoms with Crippen molar-refractivity contribution in [3.63, 3.8) is 0 Å². The molecule has 0 unspecified atom stereocenters. The van der Waals surface area contributed by atoms with Gasteiger partial charge in [-0.1, -0.05) is 59.1 Å². The molecule has 0 spiro atoms. The Kier molecular flexibility index (Phi) is 7.31. The van der Waals surface area contributed by atoms with Crippen LogP contribution in [0.25, 0.3) is 0 Å². The molecule has 0 aliphatic carbocycles. The molecule has 10 heteroatoms. The van der Waals surface area contributed by atoms with Gasteiger partial charge < -0.3 is 5.32 Å².